The van der Waals surface area contributed by atoms with Crippen molar-refractivity contribution in [2.45, 2.75) is 37.5 Å². The normalized spacial score (nSPS) is 13.8. The quantitative estimate of drug-likeness (QED) is 0.172. The summed E-state index contributed by atoms with van der Waals surface area (Å²) in [4.78, 5) is 10.1. The van der Waals surface area contributed by atoms with E-state index in [0.717, 1.165) is 52.0 Å². The molecule has 1 fully saturated rings. The van der Waals surface area contributed by atoms with Crippen LogP contribution in [0.15, 0.2) is 176 Å². The highest BCUT2D eigenvalue weighted by molar-refractivity contribution is 5.93. The second-order valence-electron chi connectivity index (χ2n) is 15.2. The molecule has 1 saturated carbocycles. The summed E-state index contributed by atoms with van der Waals surface area (Å²) in [6.07, 6.45) is 6.02. The van der Waals surface area contributed by atoms with Gasteiger partial charge in [0.05, 0.1) is 23.0 Å². The van der Waals surface area contributed by atoms with E-state index in [1.165, 1.54) is 69.3 Å². The van der Waals surface area contributed by atoms with Gasteiger partial charge in [-0.05, 0) is 86.7 Å². The zero-order valence-electron chi connectivity index (χ0n) is 31.1. The van der Waals surface area contributed by atoms with Crippen LogP contribution in [0.4, 0.5) is 0 Å². The van der Waals surface area contributed by atoms with Crippen molar-refractivity contribution < 1.29 is 0 Å². The molecule has 0 aliphatic heterocycles. The average Bonchev–Trinajstić information content (AvgIpc) is 3.55. The molecule has 1 spiro atoms. The molecule has 3 heteroatoms. The molecule has 2 aliphatic carbocycles. The van der Waals surface area contributed by atoms with E-state index in [1.54, 1.807) is 0 Å². The van der Waals surface area contributed by atoms with Crippen LogP contribution in [0.1, 0.15) is 48.8 Å². The first-order valence-electron chi connectivity index (χ1n) is 19.7. The third-order valence-corrected chi connectivity index (χ3v) is 12.0. The minimum absolute atomic E-state index is 0.00671. The van der Waals surface area contributed by atoms with Crippen LogP contribution in [0.25, 0.3) is 78.4 Å². The van der Waals surface area contributed by atoms with Crippen molar-refractivity contribution in [2.75, 3.05) is 0 Å². The van der Waals surface area contributed by atoms with Gasteiger partial charge in [0.25, 0.3) is 0 Å². The van der Waals surface area contributed by atoms with E-state index in [2.05, 4.69) is 152 Å². The van der Waals surface area contributed by atoms with Crippen LogP contribution in [-0.4, -0.2) is 9.97 Å². The first-order chi connectivity index (χ1) is 27.7. The fourth-order valence-corrected chi connectivity index (χ4v) is 9.15. The summed E-state index contributed by atoms with van der Waals surface area (Å²) < 4.78 is 0. The Labute approximate surface area is 328 Å². The monoisotopic (exact) mass is 717 g/mol. The van der Waals surface area contributed by atoms with Gasteiger partial charge >= 0.3 is 0 Å². The summed E-state index contributed by atoms with van der Waals surface area (Å²) in [5, 5.41) is 9.79. The molecule has 0 bridgehead atoms. The van der Waals surface area contributed by atoms with Crippen molar-refractivity contribution in [3.63, 3.8) is 0 Å². The minimum Gasteiger partial charge on any atom is -0.228 e. The van der Waals surface area contributed by atoms with Gasteiger partial charge < -0.3 is 0 Å². The fourth-order valence-electron chi connectivity index (χ4n) is 9.15. The number of aromatic nitrogens is 2. The number of hydrogen-bond acceptors (Lipinski definition) is 3. The summed E-state index contributed by atoms with van der Waals surface area (Å²) >= 11 is 0. The zero-order chi connectivity index (χ0) is 37.5. The number of fused-ring (bicyclic) bond motifs is 5. The molecule has 0 amide bonds. The number of rotatable bonds is 6. The van der Waals surface area contributed by atoms with E-state index in [-0.39, 0.29) is 5.41 Å². The maximum atomic E-state index is 9.79. The second-order valence-corrected chi connectivity index (χ2v) is 15.2. The Hall–Kier alpha value is -6.89. The second kappa shape index (κ2) is 14.1. The molecule has 266 valence electrons. The minimum atomic E-state index is 0.00671. The predicted octanol–water partition coefficient (Wildman–Crippen LogP) is 13.6. The Kier molecular flexibility index (Phi) is 8.46. The maximum absolute atomic E-state index is 9.79. The lowest BCUT2D eigenvalue weighted by Crippen LogP contribution is -2.28. The average molecular weight is 718 g/mol. The molecular formula is C53H39N3. The molecule has 1 aromatic heterocycles. The van der Waals surface area contributed by atoms with Crippen LogP contribution in [0.3, 0.4) is 0 Å². The van der Waals surface area contributed by atoms with Crippen molar-refractivity contribution >= 4 is 0 Å². The van der Waals surface area contributed by atoms with Gasteiger partial charge in [-0.15, -0.1) is 0 Å². The van der Waals surface area contributed by atoms with E-state index in [9.17, 15) is 5.26 Å². The smallest absolute Gasteiger partial charge is 0.160 e. The SMILES string of the molecule is N#Cc1ccc2c(c1)C1(CCCCC1)c1cccc(-c3ccc(-c4ccc(-c5cc(-c6ccc(-c7ccccc7)cc6)nc(-c6ccccc6)n5)cc4)cc3)c1-2. The van der Waals surface area contributed by atoms with Crippen molar-refractivity contribution in [1.82, 2.24) is 9.97 Å². The van der Waals surface area contributed by atoms with Gasteiger partial charge in [-0.2, -0.15) is 5.26 Å². The highest BCUT2D eigenvalue weighted by Gasteiger charge is 2.44. The van der Waals surface area contributed by atoms with Crippen LogP contribution in [0, 0.1) is 11.3 Å². The summed E-state index contributed by atoms with van der Waals surface area (Å²) in [6.45, 7) is 0. The molecular weight excluding hydrogens is 679 g/mol. The summed E-state index contributed by atoms with van der Waals surface area (Å²) in [7, 11) is 0. The maximum Gasteiger partial charge on any atom is 0.160 e. The molecule has 0 radical (unpaired) electrons. The van der Waals surface area contributed by atoms with Crippen molar-refractivity contribution in [3.8, 4) is 84.5 Å². The topological polar surface area (TPSA) is 49.6 Å². The van der Waals surface area contributed by atoms with Gasteiger partial charge in [0, 0.05) is 22.1 Å². The van der Waals surface area contributed by atoms with Crippen molar-refractivity contribution in [2.24, 2.45) is 0 Å². The molecule has 2 aliphatic rings. The number of nitrogens with zero attached hydrogens (tertiary/aromatic N) is 3. The summed E-state index contributed by atoms with van der Waals surface area (Å²) in [6, 6.07) is 64.7. The zero-order valence-corrected chi connectivity index (χ0v) is 31.1. The molecule has 7 aromatic carbocycles. The van der Waals surface area contributed by atoms with Gasteiger partial charge in [-0.1, -0.05) is 177 Å². The van der Waals surface area contributed by atoms with Gasteiger partial charge in [0.15, 0.2) is 5.82 Å². The molecule has 1 heterocycles. The lowest BCUT2D eigenvalue weighted by atomic mass is 9.67. The van der Waals surface area contributed by atoms with Crippen molar-refractivity contribution in [1.29, 1.82) is 5.26 Å². The lowest BCUT2D eigenvalue weighted by Gasteiger charge is -2.36. The van der Waals surface area contributed by atoms with Gasteiger partial charge in [-0.3, -0.25) is 0 Å². The number of benzene rings is 7. The summed E-state index contributed by atoms with van der Waals surface area (Å²) in [5.41, 5.74) is 18.2. The fraction of sp³-hybridized carbons (Fsp3) is 0.113. The molecule has 56 heavy (non-hydrogen) atoms. The lowest BCUT2D eigenvalue weighted by molar-refractivity contribution is 0.353. The predicted molar refractivity (Wildman–Crippen MR) is 229 cm³/mol. The van der Waals surface area contributed by atoms with Gasteiger partial charge in [0.1, 0.15) is 0 Å². The van der Waals surface area contributed by atoms with Crippen molar-refractivity contribution in [3.05, 3.63) is 193 Å². The van der Waals surface area contributed by atoms with E-state index >= 15 is 0 Å². The van der Waals surface area contributed by atoms with E-state index in [4.69, 9.17) is 9.97 Å². The van der Waals surface area contributed by atoms with Gasteiger partial charge in [0.2, 0.25) is 0 Å². The Morgan fingerprint density at radius 3 is 1.50 bits per heavy atom. The molecule has 10 rings (SSSR count). The molecule has 0 atom stereocenters. The molecule has 0 saturated heterocycles. The van der Waals surface area contributed by atoms with Crippen LogP contribution >= 0.6 is 0 Å². The van der Waals surface area contributed by atoms with Crippen LogP contribution in [0.5, 0.6) is 0 Å². The molecule has 3 nitrogen and oxygen atoms in total. The highest BCUT2D eigenvalue weighted by Crippen LogP contribution is 2.58. The third kappa shape index (κ3) is 5.92. The molecule has 8 aromatic rings. The van der Waals surface area contributed by atoms with E-state index < -0.39 is 0 Å². The third-order valence-electron chi connectivity index (χ3n) is 12.0. The Balaban J connectivity index is 0.968. The summed E-state index contributed by atoms with van der Waals surface area (Å²) in [5.74, 6) is 0.708. The largest absolute Gasteiger partial charge is 0.228 e. The van der Waals surface area contributed by atoms with Gasteiger partial charge in [-0.25, -0.2) is 9.97 Å². The number of nitriles is 1. The van der Waals surface area contributed by atoms with E-state index in [0.29, 0.717) is 5.82 Å². The van der Waals surface area contributed by atoms with E-state index in [1.807, 2.05) is 30.3 Å². The first-order valence-corrected chi connectivity index (χ1v) is 19.7. The molecule has 0 unspecified atom stereocenters. The number of hydrogen-bond donors (Lipinski definition) is 0. The Morgan fingerprint density at radius 2 is 0.929 bits per heavy atom. The van der Waals surface area contributed by atoms with Crippen LogP contribution < -0.4 is 0 Å². The molecule has 0 N–H and O–H groups in total. The Bertz CT molecular complexity index is 2740. The first kappa shape index (κ1) is 33.7. The van der Waals surface area contributed by atoms with Crippen LogP contribution in [-0.2, 0) is 5.41 Å². The standard InChI is InChI=1S/C53H39N3/c54-35-36-17-30-46-48(33-36)53(31-8-3-9-32-53)47-16-10-15-45(51(46)47)41-24-18-39(19-25-41)40-22-28-43(29-23-40)50-34-49(55-52(56-50)44-13-6-2-7-14-44)42-26-20-38(21-27-42)37-11-4-1-5-12-37/h1-2,4-7,10-30,33-34H,3,8-9,31-32H2. The van der Waals surface area contributed by atoms with Crippen LogP contribution in [0.2, 0.25) is 0 Å². The Morgan fingerprint density at radius 1 is 0.411 bits per heavy atom. The highest BCUT2D eigenvalue weighted by atomic mass is 14.9.